The van der Waals surface area contributed by atoms with Gasteiger partial charge in [-0.25, -0.2) is 0 Å². The van der Waals surface area contributed by atoms with Crippen LogP contribution < -0.4 is 0 Å². The maximum atomic E-state index is 8.52. The highest BCUT2D eigenvalue weighted by atomic mass is 16.3. The average Bonchev–Trinajstić information content (AvgIpc) is 1.94. The molecule has 0 atom stereocenters. The lowest BCUT2D eigenvalue weighted by molar-refractivity contribution is 0.101. The van der Waals surface area contributed by atoms with E-state index in [0.717, 1.165) is 12.8 Å². The zero-order valence-electron chi connectivity index (χ0n) is 12.2. The number of hydrogen-bond donors (Lipinski definition) is 3. The molecule has 0 rings (SSSR count). The van der Waals surface area contributed by atoms with Crippen molar-refractivity contribution >= 4 is 0 Å². The van der Waals surface area contributed by atoms with E-state index in [4.69, 9.17) is 15.3 Å². The lowest BCUT2D eigenvalue weighted by Gasteiger charge is -2.04. The molecule has 0 saturated heterocycles. The van der Waals surface area contributed by atoms with Crippen molar-refractivity contribution in [2.45, 2.75) is 78.9 Å². The van der Waals surface area contributed by atoms with Crippen molar-refractivity contribution in [1.29, 1.82) is 0 Å². The molecule has 0 amide bonds. The van der Waals surface area contributed by atoms with Crippen molar-refractivity contribution in [2.75, 3.05) is 6.61 Å². The Hall–Kier alpha value is -0.120. The van der Waals surface area contributed by atoms with Crippen LogP contribution in [0.1, 0.15) is 67.7 Å². The number of hydrogen-bond acceptors (Lipinski definition) is 3. The van der Waals surface area contributed by atoms with E-state index in [9.17, 15) is 0 Å². The molecule has 0 radical (unpaired) electrons. The smallest absolute Gasteiger partial charge is 0.0563 e. The highest BCUT2D eigenvalue weighted by Crippen LogP contribution is 1.94. The molecule has 0 aromatic rings. The van der Waals surface area contributed by atoms with Gasteiger partial charge in [0.25, 0.3) is 0 Å². The quantitative estimate of drug-likeness (QED) is 0.660. The first-order valence-corrected chi connectivity index (χ1v) is 5.97. The van der Waals surface area contributed by atoms with Gasteiger partial charge in [-0.2, -0.15) is 0 Å². The number of unbranched alkanes of at least 4 members (excludes halogenated alkanes) is 2. The van der Waals surface area contributed by atoms with Gasteiger partial charge in [0.05, 0.1) is 11.2 Å². The summed E-state index contributed by atoms with van der Waals surface area (Å²) in [6.07, 6.45) is 3.33. The van der Waals surface area contributed by atoms with E-state index in [1.807, 2.05) is 0 Å². The Morgan fingerprint density at radius 3 is 1.06 bits per heavy atom. The monoisotopic (exact) mass is 236 g/mol. The van der Waals surface area contributed by atoms with Crippen molar-refractivity contribution in [3.63, 3.8) is 0 Å². The number of aliphatic hydroxyl groups is 3. The Bertz CT molecular complexity index is 92.1. The molecule has 0 aromatic heterocycles. The van der Waals surface area contributed by atoms with E-state index in [2.05, 4.69) is 6.92 Å². The topological polar surface area (TPSA) is 60.7 Å². The van der Waals surface area contributed by atoms with Crippen LogP contribution in [0.25, 0.3) is 0 Å². The summed E-state index contributed by atoms with van der Waals surface area (Å²) in [6.45, 7) is 12.9. The van der Waals surface area contributed by atoms with Crippen molar-refractivity contribution in [1.82, 2.24) is 0 Å². The molecule has 3 heteroatoms. The van der Waals surface area contributed by atoms with Gasteiger partial charge in [0.15, 0.2) is 0 Å². The summed E-state index contributed by atoms with van der Waals surface area (Å²) < 4.78 is 0. The molecule has 0 heterocycles. The molecule has 0 aromatic carbocycles. The second kappa shape index (κ2) is 11.4. The standard InChI is InChI=1S/C5H12O.2C4H10O/c1-2-3-4-5-6;2*1-4(2,3)5/h6H,2-5H2,1H3;2*5H,1-3H3. The van der Waals surface area contributed by atoms with Gasteiger partial charge in [0.2, 0.25) is 0 Å². The van der Waals surface area contributed by atoms with Gasteiger partial charge < -0.3 is 15.3 Å². The molecule has 102 valence electrons. The van der Waals surface area contributed by atoms with E-state index >= 15 is 0 Å². The molecule has 0 spiro atoms. The lowest BCUT2D eigenvalue weighted by atomic mass is 10.2. The maximum absolute atomic E-state index is 8.52. The first-order valence-electron chi connectivity index (χ1n) is 5.97. The van der Waals surface area contributed by atoms with E-state index < -0.39 is 11.2 Å². The summed E-state index contributed by atoms with van der Waals surface area (Å²) in [4.78, 5) is 0. The van der Waals surface area contributed by atoms with Gasteiger partial charge in [0, 0.05) is 6.61 Å². The minimum atomic E-state index is -0.500. The van der Waals surface area contributed by atoms with Gasteiger partial charge in [-0.1, -0.05) is 19.8 Å². The van der Waals surface area contributed by atoms with E-state index in [1.165, 1.54) is 6.42 Å². The Labute approximate surface area is 102 Å². The van der Waals surface area contributed by atoms with E-state index in [0.29, 0.717) is 6.61 Å². The second-order valence-electron chi connectivity index (χ2n) is 5.77. The molecule has 0 saturated carbocycles. The van der Waals surface area contributed by atoms with Crippen molar-refractivity contribution < 1.29 is 15.3 Å². The molecule has 0 fully saturated rings. The molecule has 3 N–H and O–H groups in total. The van der Waals surface area contributed by atoms with Crippen LogP contribution in [0.15, 0.2) is 0 Å². The Kier molecular flexibility index (Phi) is 15.1. The first-order chi connectivity index (χ1) is 6.91. The summed E-state index contributed by atoms with van der Waals surface area (Å²) in [5, 5.41) is 25.2. The molecule has 0 aliphatic heterocycles. The van der Waals surface area contributed by atoms with Gasteiger partial charge in [-0.15, -0.1) is 0 Å². The minimum Gasteiger partial charge on any atom is -0.396 e. The maximum Gasteiger partial charge on any atom is 0.0563 e. The van der Waals surface area contributed by atoms with Crippen molar-refractivity contribution in [2.24, 2.45) is 0 Å². The normalized spacial score (nSPS) is 10.9. The van der Waals surface area contributed by atoms with Crippen LogP contribution in [-0.4, -0.2) is 33.1 Å². The SMILES string of the molecule is CC(C)(C)O.CC(C)(C)O.CCCCCO. The summed E-state index contributed by atoms with van der Waals surface area (Å²) >= 11 is 0. The molecular weight excluding hydrogens is 204 g/mol. The highest BCUT2D eigenvalue weighted by Gasteiger charge is 1.98. The Morgan fingerprint density at radius 1 is 0.750 bits per heavy atom. The molecule has 0 aliphatic carbocycles. The molecule has 0 unspecified atom stereocenters. The summed E-state index contributed by atoms with van der Waals surface area (Å²) in [5.41, 5.74) is -1.00. The lowest BCUT2D eigenvalue weighted by Crippen LogP contribution is -2.10. The molecule has 0 aliphatic rings. The van der Waals surface area contributed by atoms with E-state index in [-0.39, 0.29) is 0 Å². The molecule has 0 bridgehead atoms. The largest absolute Gasteiger partial charge is 0.396 e. The van der Waals surface area contributed by atoms with Gasteiger partial charge in [-0.05, 0) is 48.0 Å². The summed E-state index contributed by atoms with van der Waals surface area (Å²) in [7, 11) is 0. The van der Waals surface area contributed by atoms with Gasteiger partial charge >= 0.3 is 0 Å². The minimum absolute atomic E-state index is 0.355. The van der Waals surface area contributed by atoms with Crippen LogP contribution in [0.2, 0.25) is 0 Å². The van der Waals surface area contributed by atoms with Crippen LogP contribution in [-0.2, 0) is 0 Å². The van der Waals surface area contributed by atoms with Crippen molar-refractivity contribution in [3.8, 4) is 0 Å². The Morgan fingerprint density at radius 2 is 1.00 bits per heavy atom. The molecule has 3 nitrogen and oxygen atoms in total. The third-order valence-electron chi connectivity index (χ3n) is 0.762. The number of aliphatic hydroxyl groups excluding tert-OH is 1. The van der Waals surface area contributed by atoms with E-state index in [1.54, 1.807) is 41.5 Å². The van der Waals surface area contributed by atoms with Crippen LogP contribution in [0.4, 0.5) is 0 Å². The first kappa shape index (κ1) is 21.2. The third-order valence-corrected chi connectivity index (χ3v) is 0.762. The summed E-state index contributed by atoms with van der Waals surface area (Å²) in [6, 6.07) is 0. The zero-order chi connectivity index (χ0) is 13.8. The zero-order valence-corrected chi connectivity index (χ0v) is 12.2. The van der Waals surface area contributed by atoms with Crippen LogP contribution in [0.3, 0.4) is 0 Å². The van der Waals surface area contributed by atoms with Crippen LogP contribution >= 0.6 is 0 Å². The van der Waals surface area contributed by atoms with Gasteiger partial charge in [0.1, 0.15) is 0 Å². The van der Waals surface area contributed by atoms with Crippen LogP contribution in [0.5, 0.6) is 0 Å². The molecular formula is C13H32O3. The highest BCUT2D eigenvalue weighted by molar-refractivity contribution is 4.51. The molecule has 16 heavy (non-hydrogen) atoms. The fourth-order valence-corrected chi connectivity index (χ4v) is 0.362. The predicted molar refractivity (Wildman–Crippen MR) is 70.6 cm³/mol. The summed E-state index contributed by atoms with van der Waals surface area (Å²) in [5.74, 6) is 0. The second-order valence-corrected chi connectivity index (χ2v) is 5.77. The Balaban J connectivity index is -0.000000160. The fraction of sp³-hybridized carbons (Fsp3) is 1.00. The number of rotatable bonds is 3. The third kappa shape index (κ3) is 278. The van der Waals surface area contributed by atoms with Crippen molar-refractivity contribution in [3.05, 3.63) is 0 Å². The van der Waals surface area contributed by atoms with Crippen LogP contribution in [0, 0.1) is 0 Å². The predicted octanol–water partition coefficient (Wildman–Crippen LogP) is 2.72. The average molecular weight is 236 g/mol. The fourth-order valence-electron chi connectivity index (χ4n) is 0.362. The van der Waals surface area contributed by atoms with Gasteiger partial charge in [-0.3, -0.25) is 0 Å².